The molecule has 3 unspecified atom stereocenters. The van der Waals surface area contributed by atoms with E-state index in [1.54, 1.807) is 0 Å². The van der Waals surface area contributed by atoms with Gasteiger partial charge in [-0.15, -0.1) is 0 Å². The highest BCUT2D eigenvalue weighted by molar-refractivity contribution is 7.92. The largest absolute Gasteiger partial charge is 0.302 e. The van der Waals surface area contributed by atoms with Crippen molar-refractivity contribution in [1.82, 2.24) is 0 Å². The fourth-order valence-electron chi connectivity index (χ4n) is 2.77. The van der Waals surface area contributed by atoms with Crippen LogP contribution in [0.3, 0.4) is 0 Å². The van der Waals surface area contributed by atoms with Gasteiger partial charge in [0.15, 0.2) is 9.84 Å². The van der Waals surface area contributed by atoms with Crippen LogP contribution < -0.4 is 0 Å². The van der Waals surface area contributed by atoms with Crippen molar-refractivity contribution >= 4 is 16.1 Å². The summed E-state index contributed by atoms with van der Waals surface area (Å²) in [4.78, 5) is 11.3. The Hall–Kier alpha value is -1.67. The molecule has 0 bridgehead atoms. The Morgan fingerprint density at radius 1 is 1.30 bits per heavy atom. The lowest BCUT2D eigenvalue weighted by Gasteiger charge is -2.02. The average Bonchev–Trinajstić information content (AvgIpc) is 3.18. The summed E-state index contributed by atoms with van der Waals surface area (Å²) in [6.45, 7) is 3.57. The minimum atomic E-state index is -3.42. The Balaban J connectivity index is 2.44. The van der Waals surface area contributed by atoms with Crippen LogP contribution in [0.4, 0.5) is 0 Å². The summed E-state index contributed by atoms with van der Waals surface area (Å²) < 4.78 is 24.2. The molecule has 5 heteroatoms. The van der Waals surface area contributed by atoms with Crippen molar-refractivity contribution in [1.29, 1.82) is 5.26 Å². The molecule has 0 radical (unpaired) electrons. The molecular weight excluding hydrogens is 274 g/mol. The van der Waals surface area contributed by atoms with Crippen LogP contribution >= 0.6 is 0 Å². The van der Waals surface area contributed by atoms with Gasteiger partial charge in [0.25, 0.3) is 0 Å². The molecule has 0 aromatic heterocycles. The number of carbonyl (C=O) groups excluding carboxylic acids is 1. The molecule has 0 amide bonds. The van der Waals surface area contributed by atoms with Crippen molar-refractivity contribution < 1.29 is 13.2 Å². The maximum atomic E-state index is 12.1. The first-order chi connectivity index (χ1) is 9.46. The summed E-state index contributed by atoms with van der Waals surface area (Å²) in [5, 5.41) is 8.37. The second-order valence-electron chi connectivity index (χ2n) is 5.11. The second-order valence-corrected chi connectivity index (χ2v) is 7.52. The fraction of sp³-hybridized carbons (Fsp3) is 0.467. The molecule has 2 rings (SSSR count). The van der Waals surface area contributed by atoms with Crippen LogP contribution in [-0.2, 0) is 21.1 Å². The Kier molecular flexibility index (Phi) is 3.70. The van der Waals surface area contributed by atoms with Gasteiger partial charge in [0.05, 0.1) is 11.3 Å². The summed E-state index contributed by atoms with van der Waals surface area (Å²) in [6.07, 6.45) is 1.39. The van der Waals surface area contributed by atoms with E-state index >= 15 is 0 Å². The van der Waals surface area contributed by atoms with Crippen molar-refractivity contribution in [3.63, 3.8) is 0 Å². The van der Waals surface area contributed by atoms with Gasteiger partial charge in [-0.05, 0) is 17.5 Å². The van der Waals surface area contributed by atoms with Crippen LogP contribution in [0.1, 0.15) is 30.9 Å². The number of hydrogen-bond acceptors (Lipinski definition) is 4. The number of rotatable bonds is 5. The Bertz CT molecular complexity index is 657. The first-order valence-corrected chi connectivity index (χ1v) is 8.36. The van der Waals surface area contributed by atoms with Crippen molar-refractivity contribution in [2.45, 2.75) is 31.4 Å². The molecule has 0 saturated heterocycles. The third-order valence-electron chi connectivity index (χ3n) is 4.10. The van der Waals surface area contributed by atoms with Crippen molar-refractivity contribution in [2.75, 3.05) is 5.75 Å². The van der Waals surface area contributed by atoms with Gasteiger partial charge in [-0.1, -0.05) is 38.1 Å². The number of nitriles is 1. The molecule has 106 valence electrons. The van der Waals surface area contributed by atoms with E-state index < -0.39 is 26.4 Å². The van der Waals surface area contributed by atoms with Crippen LogP contribution in [0.15, 0.2) is 24.3 Å². The lowest BCUT2D eigenvalue weighted by molar-refractivity contribution is -0.110. The van der Waals surface area contributed by atoms with Crippen LogP contribution in [0.5, 0.6) is 0 Å². The quantitative estimate of drug-likeness (QED) is 0.776. The lowest BCUT2D eigenvalue weighted by Crippen LogP contribution is -2.17. The number of benzene rings is 1. The topological polar surface area (TPSA) is 75.0 Å². The van der Waals surface area contributed by atoms with Crippen LogP contribution in [0.25, 0.3) is 0 Å². The maximum absolute atomic E-state index is 12.1. The van der Waals surface area contributed by atoms with Gasteiger partial charge in [-0.2, -0.15) is 5.26 Å². The lowest BCUT2D eigenvalue weighted by atomic mass is 10.0. The molecule has 1 aromatic carbocycles. The molecular formula is C15H17NO3S. The standard InChI is InChI=1S/C15H17NO3S/c1-3-11-5-7-12(8-6-11)13-14(20(18,19)4-2)15(13,9-16)10-17/h5-8,10,13-14H,3-4H2,1-2H3. The predicted molar refractivity (Wildman–Crippen MR) is 75.9 cm³/mol. The van der Waals surface area contributed by atoms with E-state index in [0.717, 1.165) is 17.5 Å². The minimum Gasteiger partial charge on any atom is -0.302 e. The molecule has 20 heavy (non-hydrogen) atoms. The average molecular weight is 291 g/mol. The predicted octanol–water partition coefficient (Wildman–Crippen LogP) is 1.86. The molecule has 0 spiro atoms. The van der Waals surface area contributed by atoms with Crippen molar-refractivity contribution in [3.05, 3.63) is 35.4 Å². The molecule has 1 fully saturated rings. The zero-order valence-electron chi connectivity index (χ0n) is 11.5. The van der Waals surface area contributed by atoms with Crippen LogP contribution in [0, 0.1) is 16.7 Å². The normalized spacial score (nSPS) is 28.6. The third-order valence-corrected chi connectivity index (χ3v) is 6.34. The van der Waals surface area contributed by atoms with E-state index in [2.05, 4.69) is 0 Å². The highest BCUT2D eigenvalue weighted by Gasteiger charge is 2.72. The monoisotopic (exact) mass is 291 g/mol. The molecule has 1 aliphatic rings. The van der Waals surface area contributed by atoms with E-state index in [1.165, 1.54) is 6.92 Å². The molecule has 3 atom stereocenters. The van der Waals surface area contributed by atoms with Gasteiger partial charge in [-0.3, -0.25) is 0 Å². The number of hydrogen-bond donors (Lipinski definition) is 0. The first-order valence-electron chi connectivity index (χ1n) is 6.64. The molecule has 0 heterocycles. The summed E-state index contributed by atoms with van der Waals surface area (Å²) >= 11 is 0. The number of sulfone groups is 1. The third kappa shape index (κ3) is 2.04. The fourth-order valence-corrected chi connectivity index (χ4v) is 4.70. The Labute approximate surface area is 119 Å². The van der Waals surface area contributed by atoms with Gasteiger partial charge >= 0.3 is 0 Å². The Morgan fingerprint density at radius 3 is 2.30 bits per heavy atom. The smallest absolute Gasteiger partial charge is 0.155 e. The van der Waals surface area contributed by atoms with Gasteiger partial charge in [0.1, 0.15) is 11.7 Å². The van der Waals surface area contributed by atoms with Gasteiger partial charge in [-0.25, -0.2) is 8.42 Å². The van der Waals surface area contributed by atoms with Gasteiger partial charge in [0, 0.05) is 11.7 Å². The number of carbonyl (C=O) groups is 1. The summed E-state index contributed by atoms with van der Waals surface area (Å²) in [7, 11) is -3.42. The highest BCUT2D eigenvalue weighted by atomic mass is 32.2. The van der Waals surface area contributed by atoms with E-state index in [0.29, 0.717) is 6.29 Å². The zero-order chi connectivity index (χ0) is 15.0. The van der Waals surface area contributed by atoms with Crippen LogP contribution in [-0.4, -0.2) is 25.7 Å². The van der Waals surface area contributed by atoms with E-state index in [1.807, 2.05) is 37.3 Å². The second kappa shape index (κ2) is 5.02. The van der Waals surface area contributed by atoms with E-state index in [-0.39, 0.29) is 5.75 Å². The molecule has 1 aliphatic carbocycles. The molecule has 4 nitrogen and oxygen atoms in total. The van der Waals surface area contributed by atoms with E-state index in [4.69, 9.17) is 0 Å². The first kappa shape index (κ1) is 14.7. The molecule has 0 aliphatic heterocycles. The Morgan fingerprint density at radius 2 is 1.90 bits per heavy atom. The van der Waals surface area contributed by atoms with Crippen molar-refractivity contribution in [2.24, 2.45) is 5.41 Å². The molecule has 1 saturated carbocycles. The summed E-state index contributed by atoms with van der Waals surface area (Å²) in [5.41, 5.74) is 0.471. The summed E-state index contributed by atoms with van der Waals surface area (Å²) in [5.74, 6) is -0.598. The van der Waals surface area contributed by atoms with Gasteiger partial charge in [0.2, 0.25) is 0 Å². The van der Waals surface area contributed by atoms with Gasteiger partial charge < -0.3 is 4.79 Å². The van der Waals surface area contributed by atoms with Crippen molar-refractivity contribution in [3.8, 4) is 6.07 Å². The minimum absolute atomic E-state index is 0.0571. The number of aldehydes is 1. The molecule has 1 aromatic rings. The summed E-state index contributed by atoms with van der Waals surface area (Å²) in [6, 6.07) is 9.40. The van der Waals surface area contributed by atoms with E-state index in [9.17, 15) is 18.5 Å². The zero-order valence-corrected chi connectivity index (χ0v) is 12.4. The van der Waals surface area contributed by atoms with Crippen LogP contribution in [0.2, 0.25) is 0 Å². The molecule has 0 N–H and O–H groups in total. The SMILES string of the molecule is CCc1ccc(C2C(S(=O)(=O)CC)C2(C#N)C=O)cc1. The highest BCUT2D eigenvalue weighted by Crippen LogP contribution is 2.61. The number of nitrogens with zero attached hydrogens (tertiary/aromatic N) is 1. The number of aryl methyl sites for hydroxylation is 1. The maximum Gasteiger partial charge on any atom is 0.155 e.